The molecule has 21 heavy (non-hydrogen) atoms. The van der Waals surface area contributed by atoms with Crippen LogP contribution >= 0.6 is 11.6 Å². The number of nitrogens with zero attached hydrogens (tertiary/aromatic N) is 2. The maximum absolute atomic E-state index is 12.6. The third kappa shape index (κ3) is 3.18. The van der Waals surface area contributed by atoms with Crippen molar-refractivity contribution in [2.45, 2.75) is 33.7 Å². The molecule has 1 heterocycles. The minimum atomic E-state index is -0.106. The van der Waals surface area contributed by atoms with Gasteiger partial charge >= 0.3 is 0 Å². The van der Waals surface area contributed by atoms with Crippen LogP contribution in [0.2, 0.25) is 5.02 Å². The molecule has 1 atom stereocenters. The van der Waals surface area contributed by atoms with Crippen molar-refractivity contribution in [2.24, 2.45) is 5.41 Å². The van der Waals surface area contributed by atoms with Gasteiger partial charge in [-0.2, -0.15) is 0 Å². The smallest absolute Gasteiger partial charge is 0.272 e. The topological polar surface area (TPSA) is 33.2 Å². The molecule has 1 aromatic heterocycles. The number of fused-ring (bicyclic) bond motifs is 1. The predicted molar refractivity (Wildman–Crippen MR) is 87.8 cm³/mol. The second kappa shape index (κ2) is 5.64. The summed E-state index contributed by atoms with van der Waals surface area (Å²) in [7, 11) is 1.81. The summed E-state index contributed by atoms with van der Waals surface area (Å²) in [6.07, 6.45) is 0. The summed E-state index contributed by atoms with van der Waals surface area (Å²) >= 11 is 6.27. The van der Waals surface area contributed by atoms with E-state index in [-0.39, 0.29) is 17.4 Å². The first-order chi connectivity index (χ1) is 9.71. The summed E-state index contributed by atoms with van der Waals surface area (Å²) in [5, 5.41) is 1.42. The maximum atomic E-state index is 12.6. The number of pyridine rings is 1. The van der Waals surface area contributed by atoms with Crippen LogP contribution in [0.3, 0.4) is 0 Å². The number of hydrogen-bond donors (Lipinski definition) is 0. The first-order valence-corrected chi connectivity index (χ1v) is 7.42. The van der Waals surface area contributed by atoms with E-state index in [1.165, 1.54) is 0 Å². The first kappa shape index (κ1) is 15.8. The molecule has 0 aliphatic heterocycles. The minimum Gasteiger partial charge on any atom is -0.337 e. The Balaban J connectivity index is 2.40. The Morgan fingerprint density at radius 2 is 1.90 bits per heavy atom. The predicted octanol–water partition coefficient (Wildman–Crippen LogP) is 4.39. The van der Waals surface area contributed by atoms with Gasteiger partial charge in [0.2, 0.25) is 0 Å². The van der Waals surface area contributed by atoms with Crippen molar-refractivity contribution < 1.29 is 4.79 Å². The van der Waals surface area contributed by atoms with Crippen molar-refractivity contribution in [3.63, 3.8) is 0 Å². The molecule has 0 saturated carbocycles. The number of benzene rings is 1. The van der Waals surface area contributed by atoms with E-state index in [1.54, 1.807) is 11.0 Å². The second-order valence-corrected chi connectivity index (χ2v) is 6.87. The zero-order valence-corrected chi connectivity index (χ0v) is 13.9. The van der Waals surface area contributed by atoms with E-state index in [1.807, 2.05) is 38.2 Å². The van der Waals surface area contributed by atoms with Crippen LogP contribution in [0.15, 0.2) is 30.3 Å². The third-order valence-electron chi connectivity index (χ3n) is 4.04. The molecule has 0 fully saturated rings. The van der Waals surface area contributed by atoms with E-state index in [0.717, 1.165) is 10.9 Å². The lowest BCUT2D eigenvalue weighted by molar-refractivity contribution is 0.0624. The highest BCUT2D eigenvalue weighted by Gasteiger charge is 2.28. The van der Waals surface area contributed by atoms with Crippen molar-refractivity contribution in [3.8, 4) is 0 Å². The number of rotatable bonds is 2. The van der Waals surface area contributed by atoms with Gasteiger partial charge in [-0.25, -0.2) is 4.98 Å². The summed E-state index contributed by atoms with van der Waals surface area (Å²) in [6, 6.07) is 9.31. The van der Waals surface area contributed by atoms with Gasteiger partial charge in [0.05, 0.1) is 10.5 Å². The van der Waals surface area contributed by atoms with Crippen LogP contribution in [-0.4, -0.2) is 28.9 Å². The highest BCUT2D eigenvalue weighted by molar-refractivity contribution is 6.35. The standard InChI is InChI=1S/C17H21ClN2O/c1-11(17(2,3)4)20(5)16(21)15-10-13(18)12-8-6-7-9-14(12)19-15/h6-11H,1-5H3. The van der Waals surface area contributed by atoms with Crippen LogP contribution in [0.5, 0.6) is 0 Å². The molecule has 0 bridgehead atoms. The molecule has 112 valence electrons. The zero-order chi connectivity index (χ0) is 15.8. The SMILES string of the molecule is CC(N(C)C(=O)c1cc(Cl)c2ccccc2n1)C(C)(C)C. The Kier molecular flexibility index (Phi) is 4.24. The summed E-state index contributed by atoms with van der Waals surface area (Å²) in [6.45, 7) is 8.38. The molecule has 0 N–H and O–H groups in total. The number of amides is 1. The lowest BCUT2D eigenvalue weighted by atomic mass is 9.87. The number of para-hydroxylation sites is 1. The minimum absolute atomic E-state index is 0.00501. The summed E-state index contributed by atoms with van der Waals surface area (Å²) in [5.41, 5.74) is 1.13. The molecule has 0 saturated heterocycles. The van der Waals surface area contributed by atoms with Crippen molar-refractivity contribution >= 4 is 28.4 Å². The van der Waals surface area contributed by atoms with Gasteiger partial charge in [0.15, 0.2) is 0 Å². The summed E-state index contributed by atoms with van der Waals surface area (Å²) < 4.78 is 0. The molecule has 1 unspecified atom stereocenters. The number of aromatic nitrogens is 1. The normalized spacial score (nSPS) is 13.2. The third-order valence-corrected chi connectivity index (χ3v) is 4.35. The molecule has 0 aliphatic carbocycles. The molecule has 4 heteroatoms. The Labute approximate surface area is 130 Å². The maximum Gasteiger partial charge on any atom is 0.272 e. The lowest BCUT2D eigenvalue weighted by Crippen LogP contribution is -2.43. The van der Waals surface area contributed by atoms with Crippen molar-refractivity contribution in [3.05, 3.63) is 41.0 Å². The van der Waals surface area contributed by atoms with Gasteiger partial charge in [0.25, 0.3) is 5.91 Å². The van der Waals surface area contributed by atoms with Crippen LogP contribution < -0.4 is 0 Å². The molecule has 1 aromatic carbocycles. The molecular weight excluding hydrogens is 284 g/mol. The highest BCUT2D eigenvalue weighted by atomic mass is 35.5. The van der Waals surface area contributed by atoms with E-state index in [0.29, 0.717) is 10.7 Å². The average molecular weight is 305 g/mol. The van der Waals surface area contributed by atoms with E-state index < -0.39 is 0 Å². The number of halogens is 1. The van der Waals surface area contributed by atoms with Crippen LogP contribution in [0.25, 0.3) is 10.9 Å². The van der Waals surface area contributed by atoms with Gasteiger partial charge in [-0.05, 0) is 24.5 Å². The molecule has 2 aromatic rings. The molecular formula is C17H21ClN2O. The quantitative estimate of drug-likeness (QED) is 0.824. The molecule has 2 rings (SSSR count). The van der Waals surface area contributed by atoms with E-state index >= 15 is 0 Å². The highest BCUT2D eigenvalue weighted by Crippen LogP contribution is 2.26. The molecule has 0 radical (unpaired) electrons. The van der Waals surface area contributed by atoms with Gasteiger partial charge in [-0.1, -0.05) is 50.6 Å². The molecule has 3 nitrogen and oxygen atoms in total. The van der Waals surface area contributed by atoms with Crippen LogP contribution in [0.4, 0.5) is 0 Å². The van der Waals surface area contributed by atoms with Crippen LogP contribution in [0, 0.1) is 5.41 Å². The molecule has 0 aliphatic rings. The van der Waals surface area contributed by atoms with Crippen molar-refractivity contribution in [1.29, 1.82) is 0 Å². The molecule has 0 spiro atoms. The fraction of sp³-hybridized carbons (Fsp3) is 0.412. The van der Waals surface area contributed by atoms with E-state index in [9.17, 15) is 4.79 Å². The van der Waals surface area contributed by atoms with Crippen molar-refractivity contribution in [1.82, 2.24) is 9.88 Å². The Hall–Kier alpha value is -1.61. The van der Waals surface area contributed by atoms with Gasteiger partial charge in [0, 0.05) is 18.5 Å². The Bertz CT molecular complexity index is 676. The first-order valence-electron chi connectivity index (χ1n) is 7.04. The van der Waals surface area contributed by atoms with E-state index in [4.69, 9.17) is 11.6 Å². The second-order valence-electron chi connectivity index (χ2n) is 6.46. The van der Waals surface area contributed by atoms with Crippen molar-refractivity contribution in [2.75, 3.05) is 7.05 Å². The van der Waals surface area contributed by atoms with Crippen LogP contribution in [-0.2, 0) is 0 Å². The number of carbonyl (C=O) groups is 1. The number of hydrogen-bond acceptors (Lipinski definition) is 2. The fourth-order valence-electron chi connectivity index (χ4n) is 2.18. The Morgan fingerprint density at radius 3 is 2.52 bits per heavy atom. The van der Waals surface area contributed by atoms with Gasteiger partial charge < -0.3 is 4.90 Å². The monoisotopic (exact) mass is 304 g/mol. The zero-order valence-electron chi connectivity index (χ0n) is 13.1. The summed E-state index contributed by atoms with van der Waals surface area (Å²) in [5.74, 6) is -0.106. The summed E-state index contributed by atoms with van der Waals surface area (Å²) in [4.78, 5) is 18.8. The average Bonchev–Trinajstić information content (AvgIpc) is 2.44. The fourth-order valence-corrected chi connectivity index (χ4v) is 2.44. The van der Waals surface area contributed by atoms with Crippen LogP contribution in [0.1, 0.15) is 38.2 Å². The number of carbonyl (C=O) groups excluding carboxylic acids is 1. The Morgan fingerprint density at radius 1 is 1.29 bits per heavy atom. The van der Waals surface area contributed by atoms with Gasteiger partial charge in [-0.15, -0.1) is 0 Å². The van der Waals surface area contributed by atoms with Gasteiger partial charge in [0.1, 0.15) is 5.69 Å². The molecule has 1 amide bonds. The van der Waals surface area contributed by atoms with Gasteiger partial charge in [-0.3, -0.25) is 4.79 Å². The largest absolute Gasteiger partial charge is 0.337 e. The lowest BCUT2D eigenvalue weighted by Gasteiger charge is -2.35. The van der Waals surface area contributed by atoms with E-state index in [2.05, 4.69) is 25.8 Å².